The van der Waals surface area contributed by atoms with Gasteiger partial charge in [-0.1, -0.05) is 19.1 Å². The van der Waals surface area contributed by atoms with Crippen LogP contribution < -0.4 is 0 Å². The first-order valence-corrected chi connectivity index (χ1v) is 7.06. The summed E-state index contributed by atoms with van der Waals surface area (Å²) in [6.45, 7) is 7.70. The SMILES string of the molecule is CCCN1Cc2cccc3[nH]c(=S)n(c23)CC1C. The Hall–Kier alpha value is -1.13. The highest BCUT2D eigenvalue weighted by molar-refractivity contribution is 7.71. The molecular weight excluding hydrogens is 242 g/mol. The molecule has 18 heavy (non-hydrogen) atoms. The number of aromatic nitrogens is 2. The van der Waals surface area contributed by atoms with Crippen molar-refractivity contribution in [2.24, 2.45) is 0 Å². The van der Waals surface area contributed by atoms with E-state index in [1.807, 2.05) is 0 Å². The van der Waals surface area contributed by atoms with Crippen LogP contribution in [-0.4, -0.2) is 27.0 Å². The molecule has 3 rings (SSSR count). The van der Waals surface area contributed by atoms with Crippen molar-refractivity contribution in [3.05, 3.63) is 28.5 Å². The van der Waals surface area contributed by atoms with E-state index < -0.39 is 0 Å². The number of nitrogens with one attached hydrogen (secondary N) is 1. The molecule has 1 aromatic heterocycles. The normalized spacial score (nSPS) is 20.2. The number of imidazole rings is 1. The van der Waals surface area contributed by atoms with Crippen LogP contribution in [0.15, 0.2) is 18.2 Å². The fourth-order valence-corrected chi connectivity index (χ4v) is 3.21. The van der Waals surface area contributed by atoms with Gasteiger partial charge in [0, 0.05) is 19.1 Å². The fourth-order valence-electron chi connectivity index (χ4n) is 2.94. The molecule has 0 saturated carbocycles. The minimum Gasteiger partial charge on any atom is -0.331 e. The number of aromatic amines is 1. The first-order valence-electron chi connectivity index (χ1n) is 6.65. The molecule has 0 radical (unpaired) electrons. The lowest BCUT2D eigenvalue weighted by molar-refractivity contribution is 0.190. The molecule has 2 heterocycles. The Morgan fingerprint density at radius 2 is 2.28 bits per heavy atom. The van der Waals surface area contributed by atoms with E-state index in [1.54, 1.807) is 0 Å². The van der Waals surface area contributed by atoms with Crippen molar-refractivity contribution in [2.45, 2.75) is 39.4 Å². The summed E-state index contributed by atoms with van der Waals surface area (Å²) in [4.78, 5) is 5.87. The number of H-pyrrole nitrogens is 1. The first kappa shape index (κ1) is 11.9. The highest BCUT2D eigenvalue weighted by atomic mass is 32.1. The maximum Gasteiger partial charge on any atom is 0.178 e. The average molecular weight is 261 g/mol. The third-order valence-corrected chi connectivity index (χ3v) is 4.15. The number of para-hydroxylation sites is 1. The van der Waals surface area contributed by atoms with Crippen LogP contribution in [0.2, 0.25) is 0 Å². The number of benzene rings is 1. The smallest absolute Gasteiger partial charge is 0.178 e. The zero-order valence-electron chi connectivity index (χ0n) is 10.9. The van der Waals surface area contributed by atoms with Gasteiger partial charge in [0.15, 0.2) is 4.77 Å². The van der Waals surface area contributed by atoms with Gasteiger partial charge in [-0.3, -0.25) is 4.90 Å². The molecule has 1 aliphatic heterocycles. The predicted molar refractivity (Wildman–Crippen MR) is 77.3 cm³/mol. The van der Waals surface area contributed by atoms with Crippen LogP contribution in [-0.2, 0) is 13.1 Å². The van der Waals surface area contributed by atoms with Crippen molar-refractivity contribution in [1.29, 1.82) is 0 Å². The molecule has 96 valence electrons. The Kier molecular flexibility index (Phi) is 2.99. The van der Waals surface area contributed by atoms with Gasteiger partial charge in [0.05, 0.1) is 11.0 Å². The van der Waals surface area contributed by atoms with Crippen molar-refractivity contribution in [1.82, 2.24) is 14.5 Å². The molecule has 3 nitrogen and oxygen atoms in total. The molecule has 1 atom stereocenters. The number of rotatable bonds is 2. The molecule has 1 unspecified atom stereocenters. The second kappa shape index (κ2) is 4.52. The van der Waals surface area contributed by atoms with Crippen LogP contribution in [0.5, 0.6) is 0 Å². The van der Waals surface area contributed by atoms with E-state index in [4.69, 9.17) is 12.2 Å². The molecule has 0 amide bonds. The molecule has 0 aliphatic carbocycles. The summed E-state index contributed by atoms with van der Waals surface area (Å²) >= 11 is 5.45. The number of hydrogen-bond acceptors (Lipinski definition) is 2. The minimum atomic E-state index is 0.531. The summed E-state index contributed by atoms with van der Waals surface area (Å²) in [6, 6.07) is 6.99. The lowest BCUT2D eigenvalue weighted by Gasteiger charge is -2.26. The predicted octanol–water partition coefficient (Wildman–Crippen LogP) is 3.31. The molecule has 2 aromatic rings. The molecule has 0 saturated heterocycles. The monoisotopic (exact) mass is 261 g/mol. The van der Waals surface area contributed by atoms with Gasteiger partial charge in [-0.05, 0) is 43.7 Å². The Labute approximate surface area is 112 Å². The largest absolute Gasteiger partial charge is 0.331 e. The van der Waals surface area contributed by atoms with E-state index in [0.717, 1.165) is 24.4 Å². The van der Waals surface area contributed by atoms with E-state index in [9.17, 15) is 0 Å². The van der Waals surface area contributed by atoms with Crippen molar-refractivity contribution < 1.29 is 0 Å². The standard InChI is InChI=1S/C14H19N3S/c1-3-7-16-9-11-5-4-6-12-13(11)17(8-10(16)2)14(18)15-12/h4-6,10H,3,7-9H2,1-2H3,(H,15,18). The molecule has 1 N–H and O–H groups in total. The maximum absolute atomic E-state index is 5.45. The Morgan fingerprint density at radius 3 is 3.06 bits per heavy atom. The van der Waals surface area contributed by atoms with Crippen molar-refractivity contribution >= 4 is 23.3 Å². The second-order valence-corrected chi connectivity index (χ2v) is 5.56. The zero-order chi connectivity index (χ0) is 12.7. The average Bonchev–Trinajstić information content (AvgIpc) is 2.57. The highest BCUT2D eigenvalue weighted by Gasteiger charge is 2.22. The summed E-state index contributed by atoms with van der Waals surface area (Å²) in [6.07, 6.45) is 1.20. The molecular formula is C14H19N3S. The quantitative estimate of drug-likeness (QED) is 0.839. The van der Waals surface area contributed by atoms with E-state index in [2.05, 4.69) is 46.5 Å². The van der Waals surface area contributed by atoms with Gasteiger partial charge in [0.2, 0.25) is 0 Å². The minimum absolute atomic E-state index is 0.531. The van der Waals surface area contributed by atoms with Crippen molar-refractivity contribution in [3.63, 3.8) is 0 Å². The second-order valence-electron chi connectivity index (χ2n) is 5.17. The van der Waals surface area contributed by atoms with Crippen LogP contribution in [0, 0.1) is 4.77 Å². The van der Waals surface area contributed by atoms with E-state index in [1.165, 1.54) is 23.0 Å². The van der Waals surface area contributed by atoms with Gasteiger partial charge >= 0.3 is 0 Å². The topological polar surface area (TPSA) is 24.0 Å². The molecule has 0 bridgehead atoms. The highest BCUT2D eigenvalue weighted by Crippen LogP contribution is 2.25. The molecule has 0 fully saturated rings. The zero-order valence-corrected chi connectivity index (χ0v) is 11.8. The molecule has 0 spiro atoms. The van der Waals surface area contributed by atoms with Gasteiger partial charge in [-0.15, -0.1) is 0 Å². The van der Waals surface area contributed by atoms with Crippen LogP contribution in [0.25, 0.3) is 11.0 Å². The maximum atomic E-state index is 5.45. The third-order valence-electron chi connectivity index (χ3n) is 3.83. The summed E-state index contributed by atoms with van der Waals surface area (Å²) in [5.41, 5.74) is 3.86. The van der Waals surface area contributed by atoms with E-state index in [-0.39, 0.29) is 0 Å². The van der Waals surface area contributed by atoms with Gasteiger partial charge in [0.25, 0.3) is 0 Å². The summed E-state index contributed by atoms with van der Waals surface area (Å²) in [7, 11) is 0. The third kappa shape index (κ3) is 1.80. The number of hydrogen-bond donors (Lipinski definition) is 1. The molecule has 1 aromatic carbocycles. The lowest BCUT2D eigenvalue weighted by Crippen LogP contribution is -2.34. The van der Waals surface area contributed by atoms with Crippen molar-refractivity contribution in [2.75, 3.05) is 6.54 Å². The van der Waals surface area contributed by atoms with Crippen LogP contribution >= 0.6 is 12.2 Å². The first-order chi connectivity index (χ1) is 8.70. The molecule has 4 heteroatoms. The van der Waals surface area contributed by atoms with Crippen LogP contribution in [0.1, 0.15) is 25.8 Å². The van der Waals surface area contributed by atoms with Crippen LogP contribution in [0.3, 0.4) is 0 Å². The fraction of sp³-hybridized carbons (Fsp3) is 0.500. The number of nitrogens with zero attached hydrogens (tertiary/aromatic N) is 2. The van der Waals surface area contributed by atoms with Gasteiger partial charge in [-0.25, -0.2) is 0 Å². The summed E-state index contributed by atoms with van der Waals surface area (Å²) < 4.78 is 3.11. The summed E-state index contributed by atoms with van der Waals surface area (Å²) in [5.74, 6) is 0. The molecule has 1 aliphatic rings. The lowest BCUT2D eigenvalue weighted by atomic mass is 10.1. The van der Waals surface area contributed by atoms with E-state index >= 15 is 0 Å². The van der Waals surface area contributed by atoms with Gasteiger partial charge in [-0.2, -0.15) is 0 Å². The Balaban J connectivity index is 2.17. The van der Waals surface area contributed by atoms with Gasteiger partial charge < -0.3 is 9.55 Å². The Morgan fingerprint density at radius 1 is 1.44 bits per heavy atom. The van der Waals surface area contributed by atoms with Gasteiger partial charge in [0.1, 0.15) is 0 Å². The Bertz CT molecular complexity index is 625. The van der Waals surface area contributed by atoms with Crippen molar-refractivity contribution in [3.8, 4) is 0 Å². The van der Waals surface area contributed by atoms with E-state index in [0.29, 0.717) is 6.04 Å². The van der Waals surface area contributed by atoms with Crippen LogP contribution in [0.4, 0.5) is 0 Å². The summed E-state index contributed by atoms with van der Waals surface area (Å²) in [5, 5.41) is 0.